The van der Waals surface area contributed by atoms with Crippen LogP contribution in [-0.2, 0) is 16.0 Å². The third-order valence-corrected chi connectivity index (χ3v) is 5.99. The monoisotopic (exact) mass is 375 g/mol. The van der Waals surface area contributed by atoms with Gasteiger partial charge in [-0.2, -0.15) is 0 Å². The number of anilines is 1. The van der Waals surface area contributed by atoms with Crippen molar-refractivity contribution in [3.8, 4) is 0 Å². The Bertz CT molecular complexity index is 575. The van der Waals surface area contributed by atoms with Gasteiger partial charge in [-0.15, -0.1) is 0 Å². The molecule has 0 aromatic carbocycles. The number of piperidine rings is 1. The Morgan fingerprint density at radius 2 is 1.74 bits per heavy atom. The molecule has 150 valence electrons. The minimum atomic E-state index is 0.670. The number of rotatable bonds is 6. The van der Waals surface area contributed by atoms with Crippen LogP contribution in [0.4, 0.5) is 5.95 Å². The van der Waals surface area contributed by atoms with Gasteiger partial charge in [-0.3, -0.25) is 9.80 Å². The van der Waals surface area contributed by atoms with E-state index in [2.05, 4.69) is 25.8 Å². The molecule has 3 aliphatic rings. The second kappa shape index (κ2) is 9.78. The van der Waals surface area contributed by atoms with Crippen LogP contribution in [-0.4, -0.2) is 91.5 Å². The highest BCUT2D eigenvalue weighted by molar-refractivity contribution is 5.30. The first-order valence-corrected chi connectivity index (χ1v) is 10.6. The van der Waals surface area contributed by atoms with E-state index in [9.17, 15) is 0 Å². The zero-order valence-electron chi connectivity index (χ0n) is 16.4. The second-order valence-electron chi connectivity index (χ2n) is 7.81. The van der Waals surface area contributed by atoms with Crippen molar-refractivity contribution in [3.63, 3.8) is 0 Å². The van der Waals surface area contributed by atoms with Crippen molar-refractivity contribution >= 4 is 5.95 Å². The summed E-state index contributed by atoms with van der Waals surface area (Å²) in [6.07, 6.45) is 7.13. The van der Waals surface area contributed by atoms with Gasteiger partial charge in [0.2, 0.25) is 5.95 Å². The number of likely N-dealkylation sites (tertiary alicyclic amines) is 1. The summed E-state index contributed by atoms with van der Waals surface area (Å²) in [6, 6.07) is 2.75. The zero-order valence-corrected chi connectivity index (χ0v) is 16.4. The molecule has 0 amide bonds. The Kier molecular flexibility index (Phi) is 6.90. The molecule has 0 spiro atoms. The van der Waals surface area contributed by atoms with Crippen LogP contribution in [0.5, 0.6) is 0 Å². The summed E-state index contributed by atoms with van der Waals surface area (Å²) >= 11 is 0. The molecule has 4 heterocycles. The SMILES string of the molecule is c1cc(CN2CCCC[C@H]2CCN2CCOCC2)nc(N2CCOCC2)n1. The van der Waals surface area contributed by atoms with Gasteiger partial charge in [0.05, 0.1) is 32.1 Å². The molecular weight excluding hydrogens is 342 g/mol. The predicted molar refractivity (Wildman–Crippen MR) is 105 cm³/mol. The summed E-state index contributed by atoms with van der Waals surface area (Å²) < 4.78 is 10.9. The lowest BCUT2D eigenvalue weighted by molar-refractivity contribution is 0.0301. The Morgan fingerprint density at radius 1 is 0.963 bits per heavy atom. The van der Waals surface area contributed by atoms with Crippen molar-refractivity contribution in [2.75, 3.05) is 70.6 Å². The molecule has 4 rings (SSSR count). The van der Waals surface area contributed by atoms with Crippen molar-refractivity contribution in [2.45, 2.75) is 38.3 Å². The number of morpholine rings is 2. The Hall–Kier alpha value is -1.28. The lowest BCUT2D eigenvalue weighted by Gasteiger charge is -2.37. The first-order valence-electron chi connectivity index (χ1n) is 10.6. The van der Waals surface area contributed by atoms with E-state index in [0.29, 0.717) is 6.04 Å². The highest BCUT2D eigenvalue weighted by atomic mass is 16.5. The number of hydrogen-bond acceptors (Lipinski definition) is 7. The maximum atomic E-state index is 5.47. The predicted octanol–water partition coefficient (Wildman–Crippen LogP) is 1.39. The molecule has 7 nitrogen and oxygen atoms in total. The lowest BCUT2D eigenvalue weighted by atomic mass is 9.98. The Balaban J connectivity index is 1.34. The molecule has 3 saturated heterocycles. The van der Waals surface area contributed by atoms with Crippen molar-refractivity contribution in [3.05, 3.63) is 18.0 Å². The van der Waals surface area contributed by atoms with E-state index in [1.165, 1.54) is 38.8 Å². The molecule has 1 aromatic rings. The van der Waals surface area contributed by atoms with Gasteiger partial charge >= 0.3 is 0 Å². The fourth-order valence-electron chi connectivity index (χ4n) is 4.35. The van der Waals surface area contributed by atoms with Crippen LogP contribution in [0.15, 0.2) is 12.3 Å². The largest absolute Gasteiger partial charge is 0.379 e. The van der Waals surface area contributed by atoms with Crippen LogP contribution in [0.2, 0.25) is 0 Å². The zero-order chi connectivity index (χ0) is 18.3. The quantitative estimate of drug-likeness (QED) is 0.745. The number of hydrogen-bond donors (Lipinski definition) is 0. The van der Waals surface area contributed by atoms with Gasteiger partial charge in [0, 0.05) is 45.0 Å². The molecule has 1 atom stereocenters. The smallest absolute Gasteiger partial charge is 0.225 e. The van der Waals surface area contributed by atoms with Gasteiger partial charge in [-0.1, -0.05) is 6.42 Å². The highest BCUT2D eigenvalue weighted by Gasteiger charge is 2.24. The van der Waals surface area contributed by atoms with Crippen molar-refractivity contribution in [1.82, 2.24) is 19.8 Å². The Labute approximate surface area is 162 Å². The van der Waals surface area contributed by atoms with E-state index in [4.69, 9.17) is 14.5 Å². The van der Waals surface area contributed by atoms with Crippen LogP contribution in [0.3, 0.4) is 0 Å². The molecule has 0 saturated carbocycles. The van der Waals surface area contributed by atoms with Gasteiger partial charge in [-0.25, -0.2) is 9.97 Å². The molecule has 0 aliphatic carbocycles. The number of ether oxygens (including phenoxy) is 2. The first-order chi connectivity index (χ1) is 13.4. The fraction of sp³-hybridized carbons (Fsp3) is 0.800. The van der Waals surface area contributed by atoms with E-state index in [-0.39, 0.29) is 0 Å². The van der Waals surface area contributed by atoms with Gasteiger partial charge < -0.3 is 14.4 Å². The Morgan fingerprint density at radius 3 is 2.56 bits per heavy atom. The summed E-state index contributed by atoms with van der Waals surface area (Å²) in [7, 11) is 0. The summed E-state index contributed by atoms with van der Waals surface area (Å²) in [5, 5.41) is 0. The molecule has 3 aliphatic heterocycles. The number of aromatic nitrogens is 2. The molecule has 0 unspecified atom stereocenters. The van der Waals surface area contributed by atoms with Crippen LogP contribution >= 0.6 is 0 Å². The standard InChI is InChI=1S/C20H33N5O2/c1-2-7-25(19(3-1)5-8-23-9-13-26-14-10-23)17-18-4-6-21-20(22-18)24-11-15-27-16-12-24/h4,6,19H,1-3,5,7-17H2/t19-/m0/s1. The third-order valence-electron chi connectivity index (χ3n) is 5.99. The average Bonchev–Trinajstić information content (AvgIpc) is 2.75. The van der Waals surface area contributed by atoms with E-state index >= 15 is 0 Å². The van der Waals surface area contributed by atoms with Gasteiger partial charge in [0.25, 0.3) is 0 Å². The lowest BCUT2D eigenvalue weighted by Crippen LogP contribution is -2.43. The third kappa shape index (κ3) is 5.38. The summed E-state index contributed by atoms with van der Waals surface area (Å²) in [4.78, 5) is 16.8. The minimum absolute atomic E-state index is 0.670. The van der Waals surface area contributed by atoms with Crippen molar-refractivity contribution in [1.29, 1.82) is 0 Å². The maximum Gasteiger partial charge on any atom is 0.225 e. The van der Waals surface area contributed by atoms with Gasteiger partial charge in [0.1, 0.15) is 0 Å². The van der Waals surface area contributed by atoms with Gasteiger partial charge in [0.15, 0.2) is 0 Å². The van der Waals surface area contributed by atoms with E-state index in [0.717, 1.165) is 70.8 Å². The summed E-state index contributed by atoms with van der Waals surface area (Å²) in [5.74, 6) is 0.859. The van der Waals surface area contributed by atoms with Crippen LogP contribution in [0.1, 0.15) is 31.4 Å². The maximum absolute atomic E-state index is 5.47. The molecule has 0 N–H and O–H groups in total. The first kappa shape index (κ1) is 19.1. The molecular formula is C20H33N5O2. The van der Waals surface area contributed by atoms with Crippen LogP contribution in [0, 0.1) is 0 Å². The number of nitrogens with zero attached hydrogens (tertiary/aromatic N) is 5. The molecule has 1 aromatic heterocycles. The van der Waals surface area contributed by atoms with E-state index in [1.54, 1.807) is 0 Å². The fourth-order valence-corrected chi connectivity index (χ4v) is 4.35. The average molecular weight is 376 g/mol. The topological polar surface area (TPSA) is 54.0 Å². The second-order valence-corrected chi connectivity index (χ2v) is 7.81. The van der Waals surface area contributed by atoms with Crippen molar-refractivity contribution < 1.29 is 9.47 Å². The normalized spacial score (nSPS) is 25.6. The highest BCUT2D eigenvalue weighted by Crippen LogP contribution is 2.22. The van der Waals surface area contributed by atoms with E-state index < -0.39 is 0 Å². The molecule has 0 bridgehead atoms. The summed E-state index contributed by atoms with van der Waals surface area (Å²) in [6.45, 7) is 10.6. The molecule has 0 radical (unpaired) electrons. The van der Waals surface area contributed by atoms with E-state index in [1.807, 2.05) is 6.20 Å². The minimum Gasteiger partial charge on any atom is -0.379 e. The van der Waals surface area contributed by atoms with Crippen LogP contribution in [0.25, 0.3) is 0 Å². The van der Waals surface area contributed by atoms with Crippen LogP contribution < -0.4 is 4.90 Å². The summed E-state index contributed by atoms with van der Waals surface area (Å²) in [5.41, 5.74) is 1.14. The molecule has 27 heavy (non-hydrogen) atoms. The van der Waals surface area contributed by atoms with Crippen molar-refractivity contribution in [2.24, 2.45) is 0 Å². The van der Waals surface area contributed by atoms with Gasteiger partial charge in [-0.05, 0) is 38.4 Å². The molecule has 7 heteroatoms. The molecule has 3 fully saturated rings.